The Morgan fingerprint density at radius 1 is 1.40 bits per heavy atom. The van der Waals surface area contributed by atoms with Gasteiger partial charge < -0.3 is 14.2 Å². The van der Waals surface area contributed by atoms with Crippen molar-refractivity contribution in [3.8, 4) is 5.75 Å². The highest BCUT2D eigenvalue weighted by atomic mass is 16.7. The largest absolute Gasteiger partial charge is 0.492 e. The van der Waals surface area contributed by atoms with Crippen molar-refractivity contribution in [2.24, 2.45) is 0 Å². The summed E-state index contributed by atoms with van der Waals surface area (Å²) in [7, 11) is 0. The molecular weight excluding hydrogens is 194 g/mol. The first-order valence-corrected chi connectivity index (χ1v) is 5.21. The van der Waals surface area contributed by atoms with E-state index in [0.29, 0.717) is 19.8 Å². The average Bonchev–Trinajstić information content (AvgIpc) is 2.79. The molecule has 0 saturated carbocycles. The maximum absolute atomic E-state index is 5.49. The summed E-state index contributed by atoms with van der Waals surface area (Å²) >= 11 is 0. The second-order valence-electron chi connectivity index (χ2n) is 3.35. The van der Waals surface area contributed by atoms with Gasteiger partial charge in [-0.05, 0) is 18.6 Å². The van der Waals surface area contributed by atoms with E-state index in [1.54, 1.807) is 12.4 Å². The summed E-state index contributed by atoms with van der Waals surface area (Å²) in [5.41, 5.74) is 0. The van der Waals surface area contributed by atoms with Crippen LogP contribution in [0.3, 0.4) is 0 Å². The first-order valence-electron chi connectivity index (χ1n) is 5.21. The van der Waals surface area contributed by atoms with Crippen LogP contribution in [0.4, 0.5) is 0 Å². The molecule has 1 saturated heterocycles. The Kier molecular flexibility index (Phi) is 3.93. The quantitative estimate of drug-likeness (QED) is 0.691. The zero-order valence-corrected chi connectivity index (χ0v) is 8.59. The number of hydrogen-bond donors (Lipinski definition) is 0. The zero-order valence-electron chi connectivity index (χ0n) is 8.59. The van der Waals surface area contributed by atoms with Crippen molar-refractivity contribution in [1.29, 1.82) is 0 Å². The summed E-state index contributed by atoms with van der Waals surface area (Å²) < 4.78 is 16.1. The van der Waals surface area contributed by atoms with Crippen LogP contribution in [-0.4, -0.2) is 31.1 Å². The number of nitrogens with zero attached hydrogens (tertiary/aromatic N) is 1. The highest BCUT2D eigenvalue weighted by Gasteiger charge is 2.14. The highest BCUT2D eigenvalue weighted by Crippen LogP contribution is 2.11. The fourth-order valence-electron chi connectivity index (χ4n) is 1.45. The molecule has 0 atom stereocenters. The number of ether oxygens (including phenoxy) is 3. The maximum Gasteiger partial charge on any atom is 0.157 e. The van der Waals surface area contributed by atoms with Gasteiger partial charge in [-0.2, -0.15) is 0 Å². The third-order valence-corrected chi connectivity index (χ3v) is 2.18. The van der Waals surface area contributed by atoms with Crippen molar-refractivity contribution in [2.45, 2.75) is 19.1 Å². The molecule has 0 spiro atoms. The summed E-state index contributed by atoms with van der Waals surface area (Å²) in [4.78, 5) is 3.97. The summed E-state index contributed by atoms with van der Waals surface area (Å²) in [5.74, 6) is 0.811. The first-order chi connectivity index (χ1) is 7.45. The minimum atomic E-state index is -0.0255. The van der Waals surface area contributed by atoms with Gasteiger partial charge in [-0.25, -0.2) is 0 Å². The number of pyridine rings is 1. The first kappa shape index (κ1) is 10.4. The van der Waals surface area contributed by atoms with Crippen molar-refractivity contribution in [3.05, 3.63) is 24.5 Å². The second kappa shape index (κ2) is 5.68. The van der Waals surface area contributed by atoms with Gasteiger partial charge in [0.2, 0.25) is 0 Å². The van der Waals surface area contributed by atoms with Gasteiger partial charge in [0, 0.05) is 12.6 Å². The minimum Gasteiger partial charge on any atom is -0.492 e. The second-order valence-corrected chi connectivity index (χ2v) is 3.35. The Labute approximate surface area is 89.2 Å². The Hall–Kier alpha value is -1.13. The molecule has 4 heteroatoms. The van der Waals surface area contributed by atoms with Crippen LogP contribution < -0.4 is 4.74 Å². The van der Waals surface area contributed by atoms with E-state index in [1.807, 2.05) is 12.1 Å². The molecule has 1 aromatic heterocycles. The highest BCUT2D eigenvalue weighted by molar-refractivity contribution is 5.15. The van der Waals surface area contributed by atoms with E-state index in [4.69, 9.17) is 14.2 Å². The van der Waals surface area contributed by atoms with Crippen LogP contribution in [0.2, 0.25) is 0 Å². The van der Waals surface area contributed by atoms with Crippen LogP contribution >= 0.6 is 0 Å². The molecule has 15 heavy (non-hydrogen) atoms. The number of aromatic nitrogens is 1. The van der Waals surface area contributed by atoms with Crippen molar-refractivity contribution < 1.29 is 14.2 Å². The van der Waals surface area contributed by atoms with Crippen LogP contribution in [-0.2, 0) is 9.47 Å². The number of hydrogen-bond acceptors (Lipinski definition) is 4. The van der Waals surface area contributed by atoms with E-state index in [2.05, 4.69) is 4.98 Å². The molecule has 0 bridgehead atoms. The standard InChI is InChI=1S/C11H15NO3/c1-3-10(9-12-5-1)13-6-2-4-11-14-7-8-15-11/h1,3,5,9,11H,2,4,6-8H2. The predicted molar refractivity (Wildman–Crippen MR) is 54.7 cm³/mol. The van der Waals surface area contributed by atoms with Crippen molar-refractivity contribution in [1.82, 2.24) is 4.98 Å². The van der Waals surface area contributed by atoms with Crippen LogP contribution in [0.1, 0.15) is 12.8 Å². The van der Waals surface area contributed by atoms with Gasteiger partial charge >= 0.3 is 0 Å². The van der Waals surface area contributed by atoms with Gasteiger partial charge in [-0.1, -0.05) is 0 Å². The molecule has 2 rings (SSSR count). The summed E-state index contributed by atoms with van der Waals surface area (Å²) in [6, 6.07) is 3.76. The van der Waals surface area contributed by atoms with Gasteiger partial charge in [-0.15, -0.1) is 0 Å². The molecule has 0 aromatic carbocycles. The average molecular weight is 209 g/mol. The molecule has 1 aromatic rings. The van der Waals surface area contributed by atoms with Gasteiger partial charge in [0.25, 0.3) is 0 Å². The van der Waals surface area contributed by atoms with Crippen LogP contribution in [0, 0.1) is 0 Å². The summed E-state index contributed by atoms with van der Waals surface area (Å²) in [6.45, 7) is 2.11. The molecule has 0 N–H and O–H groups in total. The third kappa shape index (κ3) is 3.49. The summed E-state index contributed by atoms with van der Waals surface area (Å²) in [6.07, 6.45) is 5.23. The maximum atomic E-state index is 5.49. The van der Waals surface area contributed by atoms with Gasteiger partial charge in [0.1, 0.15) is 5.75 Å². The van der Waals surface area contributed by atoms with E-state index in [-0.39, 0.29) is 6.29 Å². The van der Waals surface area contributed by atoms with Crippen molar-refractivity contribution >= 4 is 0 Å². The normalized spacial score (nSPS) is 16.8. The van der Waals surface area contributed by atoms with E-state index in [1.165, 1.54) is 0 Å². The molecule has 0 aliphatic carbocycles. The van der Waals surface area contributed by atoms with E-state index in [9.17, 15) is 0 Å². The van der Waals surface area contributed by atoms with E-state index < -0.39 is 0 Å². The molecule has 82 valence electrons. The molecule has 0 radical (unpaired) electrons. The lowest BCUT2D eigenvalue weighted by atomic mass is 10.3. The fourth-order valence-corrected chi connectivity index (χ4v) is 1.45. The molecule has 0 unspecified atom stereocenters. The lowest BCUT2D eigenvalue weighted by Crippen LogP contribution is -2.09. The van der Waals surface area contributed by atoms with Crippen LogP contribution in [0.15, 0.2) is 24.5 Å². The number of rotatable bonds is 5. The Balaban J connectivity index is 1.59. The predicted octanol–water partition coefficient (Wildman–Crippen LogP) is 1.61. The molecular formula is C11H15NO3. The van der Waals surface area contributed by atoms with Gasteiger partial charge in [0.15, 0.2) is 6.29 Å². The monoisotopic (exact) mass is 209 g/mol. The lowest BCUT2D eigenvalue weighted by molar-refractivity contribution is -0.0493. The van der Waals surface area contributed by atoms with E-state index in [0.717, 1.165) is 18.6 Å². The smallest absolute Gasteiger partial charge is 0.157 e. The Morgan fingerprint density at radius 2 is 2.27 bits per heavy atom. The van der Waals surface area contributed by atoms with Gasteiger partial charge in [-0.3, -0.25) is 4.98 Å². The summed E-state index contributed by atoms with van der Waals surface area (Å²) in [5, 5.41) is 0. The van der Waals surface area contributed by atoms with Crippen LogP contribution in [0.5, 0.6) is 5.75 Å². The SMILES string of the molecule is c1cncc(OCCCC2OCCO2)c1. The molecule has 4 nitrogen and oxygen atoms in total. The minimum absolute atomic E-state index is 0.0255. The third-order valence-electron chi connectivity index (χ3n) is 2.18. The fraction of sp³-hybridized carbons (Fsp3) is 0.545. The molecule has 0 amide bonds. The Bertz CT molecular complexity index is 272. The van der Waals surface area contributed by atoms with Crippen LogP contribution in [0.25, 0.3) is 0 Å². The molecule has 2 heterocycles. The molecule has 1 aliphatic rings. The van der Waals surface area contributed by atoms with Crippen molar-refractivity contribution in [2.75, 3.05) is 19.8 Å². The molecule has 1 fully saturated rings. The zero-order chi connectivity index (χ0) is 10.3. The van der Waals surface area contributed by atoms with E-state index >= 15 is 0 Å². The Morgan fingerprint density at radius 3 is 3.00 bits per heavy atom. The molecule has 1 aliphatic heterocycles. The topological polar surface area (TPSA) is 40.6 Å². The van der Waals surface area contributed by atoms with Crippen molar-refractivity contribution in [3.63, 3.8) is 0 Å². The lowest BCUT2D eigenvalue weighted by Gasteiger charge is -2.09. The van der Waals surface area contributed by atoms with Gasteiger partial charge in [0.05, 0.1) is 26.0 Å².